The van der Waals surface area contributed by atoms with Gasteiger partial charge in [-0.2, -0.15) is 0 Å². The largest absolute Gasteiger partial charge is 0.496 e. The zero-order chi connectivity index (χ0) is 23.4. The third-order valence-electron chi connectivity index (χ3n) is 5.53. The number of para-hydroxylation sites is 1. The fourth-order valence-electron chi connectivity index (χ4n) is 3.89. The van der Waals surface area contributed by atoms with Gasteiger partial charge in [-0.25, -0.2) is 4.79 Å². The van der Waals surface area contributed by atoms with Gasteiger partial charge in [0.2, 0.25) is 5.91 Å². The lowest BCUT2D eigenvalue weighted by atomic mass is 10.1. The van der Waals surface area contributed by atoms with Crippen LogP contribution in [0.15, 0.2) is 60.9 Å². The zero-order valence-electron chi connectivity index (χ0n) is 17.7. The highest BCUT2D eigenvalue weighted by molar-refractivity contribution is 6.25. The second-order valence-corrected chi connectivity index (χ2v) is 7.76. The highest BCUT2D eigenvalue weighted by Gasteiger charge is 2.44. The lowest BCUT2D eigenvalue weighted by Gasteiger charge is -2.22. The van der Waals surface area contributed by atoms with Crippen LogP contribution in [0, 0.1) is 0 Å². The van der Waals surface area contributed by atoms with Gasteiger partial charge < -0.3 is 20.5 Å². The summed E-state index contributed by atoms with van der Waals surface area (Å²) in [7, 11) is 0. The smallest absolute Gasteiger partial charge is 0.326 e. The maximum Gasteiger partial charge on any atom is 0.326 e. The summed E-state index contributed by atoms with van der Waals surface area (Å²) in [4.78, 5) is 51.1. The van der Waals surface area contributed by atoms with Crippen molar-refractivity contribution in [2.75, 3.05) is 17.2 Å². The van der Waals surface area contributed by atoms with E-state index in [2.05, 4.69) is 10.6 Å². The van der Waals surface area contributed by atoms with E-state index in [1.165, 1.54) is 6.07 Å². The second-order valence-electron chi connectivity index (χ2n) is 7.76. The van der Waals surface area contributed by atoms with E-state index in [9.17, 15) is 24.3 Å². The molecule has 3 amide bonds. The van der Waals surface area contributed by atoms with Gasteiger partial charge in [0, 0.05) is 24.2 Å². The molecular formula is C24H23N3O6. The van der Waals surface area contributed by atoms with E-state index in [-0.39, 0.29) is 30.1 Å². The van der Waals surface area contributed by atoms with Gasteiger partial charge in [-0.3, -0.25) is 19.3 Å². The summed E-state index contributed by atoms with van der Waals surface area (Å²) in [5, 5.41) is 15.5. The number of anilines is 2. The molecule has 170 valence electrons. The predicted octanol–water partition coefficient (Wildman–Crippen LogP) is 2.87. The highest BCUT2D eigenvalue weighted by atomic mass is 16.5. The lowest BCUT2D eigenvalue weighted by molar-refractivity contribution is -0.141. The van der Waals surface area contributed by atoms with Crippen LogP contribution in [0.4, 0.5) is 11.4 Å². The van der Waals surface area contributed by atoms with Crippen LogP contribution in [-0.4, -0.2) is 52.4 Å². The maximum atomic E-state index is 13.2. The number of carboxylic acid groups (broad SMARTS) is 1. The Hall–Kier alpha value is -4.14. The first kappa shape index (κ1) is 22.1. The van der Waals surface area contributed by atoms with Crippen LogP contribution in [0.1, 0.15) is 40.0 Å². The number of carbonyl (C=O) groups excluding carboxylic acids is 3. The summed E-state index contributed by atoms with van der Waals surface area (Å²) in [5.74, 6) is -3.14. The number of imide groups is 1. The van der Waals surface area contributed by atoms with Crippen LogP contribution < -0.4 is 10.6 Å². The number of benzene rings is 2. The average molecular weight is 449 g/mol. The SMILES string of the molecule is O=C(CCC(C(=O)O)N1C(=O)c2cccc(NCC3CC=CO3)c2C1=O)Nc1ccccc1. The van der Waals surface area contributed by atoms with Crippen molar-refractivity contribution < 1.29 is 29.0 Å². The summed E-state index contributed by atoms with van der Waals surface area (Å²) >= 11 is 0. The molecule has 2 aliphatic rings. The number of aliphatic carboxylic acids is 1. The fraction of sp³-hybridized carbons (Fsp3) is 0.250. The van der Waals surface area contributed by atoms with E-state index in [0.29, 0.717) is 17.9 Å². The third-order valence-corrected chi connectivity index (χ3v) is 5.53. The molecule has 2 aliphatic heterocycles. The van der Waals surface area contributed by atoms with Crippen LogP contribution in [0.25, 0.3) is 0 Å². The van der Waals surface area contributed by atoms with E-state index < -0.39 is 29.7 Å². The molecule has 2 atom stereocenters. The Balaban J connectivity index is 1.47. The van der Waals surface area contributed by atoms with Crippen molar-refractivity contribution in [2.24, 2.45) is 0 Å². The number of carbonyl (C=O) groups is 4. The lowest BCUT2D eigenvalue weighted by Crippen LogP contribution is -2.45. The molecule has 0 aromatic heterocycles. The Labute approximate surface area is 190 Å². The van der Waals surface area contributed by atoms with Gasteiger partial charge >= 0.3 is 5.97 Å². The Morgan fingerprint density at radius 2 is 1.88 bits per heavy atom. The number of rotatable bonds is 9. The van der Waals surface area contributed by atoms with Crippen LogP contribution in [0.5, 0.6) is 0 Å². The van der Waals surface area contributed by atoms with Crippen molar-refractivity contribution in [3.63, 3.8) is 0 Å². The summed E-state index contributed by atoms with van der Waals surface area (Å²) in [6.07, 6.45) is 3.78. The number of nitrogens with one attached hydrogen (secondary N) is 2. The number of amides is 3. The molecule has 0 fully saturated rings. The van der Waals surface area contributed by atoms with E-state index >= 15 is 0 Å². The number of ether oxygens (including phenoxy) is 1. The summed E-state index contributed by atoms with van der Waals surface area (Å²) < 4.78 is 5.41. The van der Waals surface area contributed by atoms with E-state index in [0.717, 1.165) is 11.3 Å². The molecule has 2 aromatic carbocycles. The normalized spacial score (nSPS) is 17.5. The molecule has 33 heavy (non-hydrogen) atoms. The van der Waals surface area contributed by atoms with Gasteiger partial charge in [0.15, 0.2) is 0 Å². The zero-order valence-corrected chi connectivity index (χ0v) is 17.7. The van der Waals surface area contributed by atoms with Gasteiger partial charge in [-0.15, -0.1) is 0 Å². The molecule has 2 unspecified atom stereocenters. The molecule has 0 bridgehead atoms. The molecule has 9 nitrogen and oxygen atoms in total. The molecule has 0 radical (unpaired) electrons. The minimum absolute atomic E-state index is 0.0842. The van der Waals surface area contributed by atoms with Crippen molar-refractivity contribution in [1.82, 2.24) is 4.90 Å². The van der Waals surface area contributed by atoms with Crippen molar-refractivity contribution in [3.05, 3.63) is 72.0 Å². The van der Waals surface area contributed by atoms with Crippen LogP contribution >= 0.6 is 0 Å². The van der Waals surface area contributed by atoms with E-state index in [1.54, 1.807) is 48.7 Å². The summed E-state index contributed by atoms with van der Waals surface area (Å²) in [5.41, 5.74) is 1.28. The molecule has 3 N–H and O–H groups in total. The van der Waals surface area contributed by atoms with Gasteiger partial charge in [-0.1, -0.05) is 24.3 Å². The van der Waals surface area contributed by atoms with Gasteiger partial charge in [0.1, 0.15) is 12.1 Å². The molecule has 0 saturated heterocycles. The number of nitrogens with zero attached hydrogens (tertiary/aromatic N) is 1. The number of hydrogen-bond acceptors (Lipinski definition) is 6. The first-order chi connectivity index (χ1) is 16.0. The number of carboxylic acids is 1. The van der Waals surface area contributed by atoms with Crippen molar-refractivity contribution in [2.45, 2.75) is 31.4 Å². The molecule has 0 aliphatic carbocycles. The standard InChI is InChI=1S/C24H23N3O6/c28-20(26-15-6-2-1-3-7-15)12-11-19(24(31)32)27-22(29)17-9-4-10-18(21(17)23(27)30)25-14-16-8-5-13-33-16/h1-7,9-10,13,16,19,25H,8,11-12,14H2,(H,26,28)(H,31,32). The Morgan fingerprint density at radius 1 is 1.09 bits per heavy atom. The van der Waals surface area contributed by atoms with Crippen molar-refractivity contribution in [3.8, 4) is 0 Å². The molecule has 9 heteroatoms. The summed E-state index contributed by atoms with van der Waals surface area (Å²) in [6, 6.07) is 12.1. The van der Waals surface area contributed by atoms with Crippen LogP contribution in [0.2, 0.25) is 0 Å². The molecule has 2 heterocycles. The topological polar surface area (TPSA) is 125 Å². The highest BCUT2D eigenvalue weighted by Crippen LogP contribution is 2.32. The van der Waals surface area contributed by atoms with Crippen molar-refractivity contribution >= 4 is 35.1 Å². The molecule has 0 saturated carbocycles. The fourth-order valence-corrected chi connectivity index (χ4v) is 3.89. The average Bonchev–Trinajstić information content (AvgIpc) is 3.41. The van der Waals surface area contributed by atoms with Gasteiger partial charge in [-0.05, 0) is 36.8 Å². The van der Waals surface area contributed by atoms with Crippen LogP contribution in [-0.2, 0) is 14.3 Å². The van der Waals surface area contributed by atoms with Crippen LogP contribution in [0.3, 0.4) is 0 Å². The molecule has 4 rings (SSSR count). The van der Waals surface area contributed by atoms with E-state index in [4.69, 9.17) is 4.74 Å². The summed E-state index contributed by atoms with van der Waals surface area (Å²) in [6.45, 7) is 0.424. The van der Waals surface area contributed by atoms with Gasteiger partial charge in [0.05, 0.1) is 23.9 Å². The second kappa shape index (κ2) is 9.56. The minimum Gasteiger partial charge on any atom is -0.496 e. The first-order valence-electron chi connectivity index (χ1n) is 10.6. The Kier molecular flexibility index (Phi) is 6.39. The quantitative estimate of drug-likeness (QED) is 0.503. The van der Waals surface area contributed by atoms with Gasteiger partial charge in [0.25, 0.3) is 11.8 Å². The number of hydrogen-bond donors (Lipinski definition) is 3. The monoisotopic (exact) mass is 449 g/mol. The third kappa shape index (κ3) is 4.72. The Bertz CT molecular complexity index is 1110. The maximum absolute atomic E-state index is 13.2. The van der Waals surface area contributed by atoms with Crippen molar-refractivity contribution in [1.29, 1.82) is 0 Å². The molecule has 0 spiro atoms. The molecular weight excluding hydrogens is 426 g/mol. The Morgan fingerprint density at radius 3 is 2.58 bits per heavy atom. The minimum atomic E-state index is -1.46. The first-order valence-corrected chi connectivity index (χ1v) is 10.6. The predicted molar refractivity (Wildman–Crippen MR) is 120 cm³/mol. The van der Waals surface area contributed by atoms with E-state index in [1.807, 2.05) is 6.08 Å². The number of fused-ring (bicyclic) bond motifs is 1. The molecule has 2 aromatic rings.